The van der Waals surface area contributed by atoms with Gasteiger partial charge < -0.3 is 20.3 Å². The standard InChI is InChI=1S/C30H37N7O5/c1-4-24(26(38)19-37-27(33-34-35-37)18-21-10-6-5-7-11-21)31-28(39)20(2)36-17-9-8-12-25(30(36)41)32-29(40)22-13-15-23(42-3)16-14-22/h5-7,10-11,13-16,20,24-25H,4,8-9,12,17-19H2,1-3H3,(H,31,39)(H,32,40). The maximum atomic E-state index is 13.5. The number of nitrogens with zero attached hydrogens (tertiary/aromatic N) is 5. The van der Waals surface area contributed by atoms with Crippen molar-refractivity contribution in [1.82, 2.24) is 35.7 Å². The van der Waals surface area contributed by atoms with E-state index in [0.29, 0.717) is 49.4 Å². The molecule has 3 atom stereocenters. The molecule has 3 unspecified atom stereocenters. The van der Waals surface area contributed by atoms with Gasteiger partial charge in [-0.2, -0.15) is 0 Å². The Hall–Kier alpha value is -4.61. The van der Waals surface area contributed by atoms with Crippen molar-refractivity contribution < 1.29 is 23.9 Å². The second-order valence-corrected chi connectivity index (χ2v) is 10.3. The van der Waals surface area contributed by atoms with Crippen molar-refractivity contribution in [2.75, 3.05) is 13.7 Å². The summed E-state index contributed by atoms with van der Waals surface area (Å²) in [6.07, 6.45) is 2.71. The molecule has 222 valence electrons. The molecule has 4 rings (SSSR count). The zero-order chi connectivity index (χ0) is 30.1. The minimum Gasteiger partial charge on any atom is -0.497 e. The normalized spacial score (nSPS) is 16.7. The van der Waals surface area contributed by atoms with Crippen molar-refractivity contribution in [3.05, 3.63) is 71.5 Å². The molecule has 0 spiro atoms. The lowest BCUT2D eigenvalue weighted by Gasteiger charge is -2.30. The lowest BCUT2D eigenvalue weighted by atomic mass is 10.1. The van der Waals surface area contributed by atoms with Crippen LogP contribution in [0.5, 0.6) is 5.75 Å². The lowest BCUT2D eigenvalue weighted by molar-refractivity contribution is -0.141. The van der Waals surface area contributed by atoms with Crippen molar-refractivity contribution >= 4 is 23.5 Å². The number of tetrazole rings is 1. The first-order valence-corrected chi connectivity index (χ1v) is 14.2. The summed E-state index contributed by atoms with van der Waals surface area (Å²) in [5, 5.41) is 17.4. The van der Waals surface area contributed by atoms with Gasteiger partial charge in [0.05, 0.1) is 13.2 Å². The fourth-order valence-corrected chi connectivity index (χ4v) is 4.92. The maximum Gasteiger partial charge on any atom is 0.251 e. The van der Waals surface area contributed by atoms with Gasteiger partial charge in [-0.1, -0.05) is 37.3 Å². The highest BCUT2D eigenvalue weighted by Crippen LogP contribution is 2.17. The summed E-state index contributed by atoms with van der Waals surface area (Å²) in [7, 11) is 1.54. The molecule has 1 aliphatic heterocycles. The highest BCUT2D eigenvalue weighted by Gasteiger charge is 2.35. The summed E-state index contributed by atoms with van der Waals surface area (Å²) in [6, 6.07) is 13.9. The molecule has 2 N–H and O–H groups in total. The smallest absolute Gasteiger partial charge is 0.251 e. The highest BCUT2D eigenvalue weighted by molar-refractivity contribution is 5.99. The summed E-state index contributed by atoms with van der Waals surface area (Å²) in [4.78, 5) is 54.3. The largest absolute Gasteiger partial charge is 0.497 e. The number of carbonyl (C=O) groups excluding carboxylic acids is 4. The molecule has 1 aromatic heterocycles. The number of rotatable bonds is 12. The topological polar surface area (TPSA) is 148 Å². The number of methoxy groups -OCH3 is 1. The van der Waals surface area contributed by atoms with Crippen molar-refractivity contribution in [2.24, 2.45) is 0 Å². The van der Waals surface area contributed by atoms with Gasteiger partial charge in [-0.25, -0.2) is 4.68 Å². The average molecular weight is 576 g/mol. The predicted octanol–water partition coefficient (Wildman–Crippen LogP) is 1.94. The number of hydrogen-bond acceptors (Lipinski definition) is 8. The Morgan fingerprint density at radius 2 is 1.81 bits per heavy atom. The summed E-state index contributed by atoms with van der Waals surface area (Å²) >= 11 is 0. The van der Waals surface area contributed by atoms with Crippen LogP contribution in [0.1, 0.15) is 61.3 Å². The molecular weight excluding hydrogens is 538 g/mol. The molecule has 0 aliphatic carbocycles. The molecule has 2 heterocycles. The Labute approximate surface area is 244 Å². The second kappa shape index (κ2) is 14.3. The van der Waals surface area contributed by atoms with Crippen LogP contribution in [0, 0.1) is 0 Å². The first-order chi connectivity index (χ1) is 20.3. The van der Waals surface area contributed by atoms with E-state index in [-0.39, 0.29) is 24.1 Å². The quantitative estimate of drug-likeness (QED) is 0.333. The molecule has 12 nitrogen and oxygen atoms in total. The van der Waals surface area contributed by atoms with Crippen molar-refractivity contribution in [2.45, 2.75) is 70.6 Å². The van der Waals surface area contributed by atoms with Crippen molar-refractivity contribution in [3.63, 3.8) is 0 Å². The van der Waals surface area contributed by atoms with E-state index < -0.39 is 24.0 Å². The molecule has 0 bridgehead atoms. The number of hydrogen-bond donors (Lipinski definition) is 2. The summed E-state index contributed by atoms with van der Waals surface area (Å²) in [5.41, 5.74) is 1.42. The van der Waals surface area contributed by atoms with E-state index in [4.69, 9.17) is 4.74 Å². The molecule has 0 radical (unpaired) electrons. The van der Waals surface area contributed by atoms with Crippen LogP contribution in [0.4, 0.5) is 0 Å². The zero-order valence-corrected chi connectivity index (χ0v) is 24.2. The van der Waals surface area contributed by atoms with Crippen LogP contribution >= 0.6 is 0 Å². The summed E-state index contributed by atoms with van der Waals surface area (Å²) in [6.45, 7) is 3.72. The third-order valence-corrected chi connectivity index (χ3v) is 7.46. The molecule has 1 saturated heterocycles. The number of nitrogens with one attached hydrogen (secondary N) is 2. The Balaban J connectivity index is 1.36. The van der Waals surface area contributed by atoms with E-state index in [1.165, 1.54) is 9.58 Å². The number of likely N-dealkylation sites (tertiary alicyclic amines) is 1. The highest BCUT2D eigenvalue weighted by atomic mass is 16.5. The van der Waals surface area contributed by atoms with Gasteiger partial charge in [-0.05, 0) is 72.9 Å². The van der Waals surface area contributed by atoms with Crippen LogP contribution in [0.3, 0.4) is 0 Å². The molecular formula is C30H37N7O5. The zero-order valence-electron chi connectivity index (χ0n) is 24.2. The maximum absolute atomic E-state index is 13.5. The molecule has 1 fully saturated rings. The Kier molecular flexibility index (Phi) is 10.4. The van der Waals surface area contributed by atoms with E-state index >= 15 is 0 Å². The molecule has 12 heteroatoms. The molecule has 42 heavy (non-hydrogen) atoms. The SMILES string of the molecule is CCC(NC(=O)C(C)N1CCCCC(NC(=O)c2ccc(OC)cc2)C1=O)C(=O)Cn1nnnc1Cc1ccccc1. The summed E-state index contributed by atoms with van der Waals surface area (Å²) in [5.74, 6) is -0.214. The van der Waals surface area contributed by atoms with Crippen molar-refractivity contribution in [3.8, 4) is 5.75 Å². The Bertz CT molecular complexity index is 1380. The predicted molar refractivity (Wildman–Crippen MR) is 154 cm³/mol. The van der Waals surface area contributed by atoms with Gasteiger partial charge in [-0.3, -0.25) is 19.2 Å². The molecule has 3 aromatic rings. The van der Waals surface area contributed by atoms with Crippen LogP contribution in [0.25, 0.3) is 0 Å². The lowest BCUT2D eigenvalue weighted by Crippen LogP contribution is -2.56. The summed E-state index contributed by atoms with van der Waals surface area (Å²) < 4.78 is 6.58. The molecule has 1 aliphatic rings. The minimum absolute atomic E-state index is 0.0928. The monoisotopic (exact) mass is 575 g/mol. The van der Waals surface area contributed by atoms with Crippen LogP contribution in [0.15, 0.2) is 54.6 Å². The minimum atomic E-state index is -0.834. The van der Waals surface area contributed by atoms with Gasteiger partial charge in [0.2, 0.25) is 11.8 Å². The van der Waals surface area contributed by atoms with E-state index in [0.717, 1.165) is 12.0 Å². The third kappa shape index (κ3) is 7.56. The van der Waals surface area contributed by atoms with Crippen molar-refractivity contribution in [1.29, 1.82) is 0 Å². The molecule has 0 saturated carbocycles. The number of ether oxygens (including phenoxy) is 1. The number of benzene rings is 2. The average Bonchev–Trinajstić information content (AvgIpc) is 3.35. The number of Topliss-reactive ketones (excluding diaryl/α,β-unsaturated/α-hetero) is 1. The molecule has 3 amide bonds. The third-order valence-electron chi connectivity index (χ3n) is 7.46. The van der Waals surface area contributed by atoms with E-state index in [9.17, 15) is 19.2 Å². The second-order valence-electron chi connectivity index (χ2n) is 10.3. The van der Waals surface area contributed by atoms with E-state index in [1.54, 1.807) is 45.2 Å². The van der Waals surface area contributed by atoms with Gasteiger partial charge in [0.15, 0.2) is 11.6 Å². The van der Waals surface area contributed by atoms with Crippen LogP contribution in [-0.2, 0) is 27.3 Å². The van der Waals surface area contributed by atoms with Crippen LogP contribution in [-0.4, -0.2) is 80.4 Å². The van der Waals surface area contributed by atoms with E-state index in [1.807, 2.05) is 30.3 Å². The number of amides is 3. The molecule has 2 aromatic carbocycles. The first-order valence-electron chi connectivity index (χ1n) is 14.2. The first kappa shape index (κ1) is 30.4. The van der Waals surface area contributed by atoms with Gasteiger partial charge in [0, 0.05) is 18.5 Å². The van der Waals surface area contributed by atoms with Crippen LogP contribution < -0.4 is 15.4 Å². The Morgan fingerprint density at radius 3 is 2.50 bits per heavy atom. The van der Waals surface area contributed by atoms with Gasteiger partial charge in [0.1, 0.15) is 24.4 Å². The number of ketones is 1. The van der Waals surface area contributed by atoms with Crippen LogP contribution in [0.2, 0.25) is 0 Å². The fraction of sp³-hybridized carbons (Fsp3) is 0.433. The number of carbonyl (C=O) groups is 4. The Morgan fingerprint density at radius 1 is 1.07 bits per heavy atom. The van der Waals surface area contributed by atoms with Gasteiger partial charge in [-0.15, -0.1) is 5.10 Å². The fourth-order valence-electron chi connectivity index (χ4n) is 4.92. The van der Waals surface area contributed by atoms with Gasteiger partial charge in [0.25, 0.3) is 5.91 Å². The van der Waals surface area contributed by atoms with Gasteiger partial charge >= 0.3 is 0 Å². The van der Waals surface area contributed by atoms with E-state index in [2.05, 4.69) is 26.2 Å². The number of aromatic nitrogens is 4.